The van der Waals surface area contributed by atoms with Crippen LogP contribution in [-0.4, -0.2) is 46.7 Å². The van der Waals surface area contributed by atoms with E-state index in [4.69, 9.17) is 0 Å². The zero-order chi connectivity index (χ0) is 16.9. The van der Waals surface area contributed by atoms with Crippen LogP contribution in [0.1, 0.15) is 43.1 Å². The number of H-pyrrole nitrogens is 1. The van der Waals surface area contributed by atoms with Crippen LogP contribution in [0.2, 0.25) is 0 Å². The van der Waals surface area contributed by atoms with Gasteiger partial charge in [-0.15, -0.1) is 0 Å². The molecule has 1 aliphatic rings. The number of nitrogens with one attached hydrogen (secondary N) is 2. The maximum absolute atomic E-state index is 12.4. The number of likely N-dealkylation sites (tertiary alicyclic amines) is 1. The monoisotopic (exact) mass is 328 g/mol. The maximum Gasteiger partial charge on any atom is 0.272 e. The summed E-state index contributed by atoms with van der Waals surface area (Å²) in [7, 11) is 0. The van der Waals surface area contributed by atoms with Crippen molar-refractivity contribution in [1.29, 1.82) is 0 Å². The Bertz CT molecular complexity index is 771. The molecule has 6 nitrogen and oxygen atoms in total. The number of fused-ring (bicyclic) bond motifs is 1. The molecule has 1 aromatic heterocycles. The molecule has 3 rings (SSSR count). The molecular formula is C18H24N4O2. The second-order valence-corrected chi connectivity index (χ2v) is 6.44. The molecule has 0 unspecified atom stereocenters. The molecule has 0 bridgehead atoms. The van der Waals surface area contributed by atoms with Gasteiger partial charge in [-0.25, -0.2) is 5.10 Å². The van der Waals surface area contributed by atoms with Crippen molar-refractivity contribution in [2.24, 2.45) is 0 Å². The lowest BCUT2D eigenvalue weighted by Crippen LogP contribution is -2.39. The van der Waals surface area contributed by atoms with Crippen LogP contribution in [0.5, 0.6) is 0 Å². The van der Waals surface area contributed by atoms with Gasteiger partial charge in [0.1, 0.15) is 0 Å². The summed E-state index contributed by atoms with van der Waals surface area (Å²) in [6, 6.07) is 7.67. The van der Waals surface area contributed by atoms with Crippen LogP contribution in [0.4, 0.5) is 0 Å². The van der Waals surface area contributed by atoms with E-state index < -0.39 is 0 Å². The van der Waals surface area contributed by atoms with E-state index in [9.17, 15) is 9.59 Å². The van der Waals surface area contributed by atoms with Crippen LogP contribution >= 0.6 is 0 Å². The Balaban J connectivity index is 1.58. The van der Waals surface area contributed by atoms with E-state index >= 15 is 0 Å². The number of aromatic amines is 1. The average molecular weight is 328 g/mol. The molecule has 2 heterocycles. The van der Waals surface area contributed by atoms with Crippen molar-refractivity contribution in [3.05, 3.63) is 40.3 Å². The largest absolute Gasteiger partial charge is 0.351 e. The second-order valence-electron chi connectivity index (χ2n) is 6.44. The van der Waals surface area contributed by atoms with E-state index in [1.165, 1.54) is 19.3 Å². The molecule has 1 fully saturated rings. The zero-order valence-electron chi connectivity index (χ0n) is 14.0. The standard InChI is InChI=1S/C18H24N4O2/c1-13-7-4-5-11-22(13)12-6-10-19-18(24)16-14-8-2-3-9-15(14)17(23)21-20-16/h2-3,8-9,13H,4-7,10-12H2,1H3,(H,19,24)(H,21,23)/t13-/m0/s1. The van der Waals surface area contributed by atoms with Gasteiger partial charge in [0.25, 0.3) is 11.5 Å². The van der Waals surface area contributed by atoms with Crippen LogP contribution in [0.3, 0.4) is 0 Å². The molecule has 24 heavy (non-hydrogen) atoms. The van der Waals surface area contributed by atoms with Gasteiger partial charge in [-0.05, 0) is 38.8 Å². The van der Waals surface area contributed by atoms with Gasteiger partial charge in [-0.1, -0.05) is 24.6 Å². The van der Waals surface area contributed by atoms with Gasteiger partial charge in [-0.3, -0.25) is 9.59 Å². The molecular weight excluding hydrogens is 304 g/mol. The highest BCUT2D eigenvalue weighted by molar-refractivity contribution is 6.04. The van der Waals surface area contributed by atoms with Crippen molar-refractivity contribution in [3.8, 4) is 0 Å². The Morgan fingerprint density at radius 1 is 1.33 bits per heavy atom. The van der Waals surface area contributed by atoms with Crippen LogP contribution in [-0.2, 0) is 0 Å². The minimum Gasteiger partial charge on any atom is -0.351 e. The lowest BCUT2D eigenvalue weighted by molar-refractivity contribution is 0.0944. The summed E-state index contributed by atoms with van der Waals surface area (Å²) in [6.07, 6.45) is 4.76. The summed E-state index contributed by atoms with van der Waals surface area (Å²) in [4.78, 5) is 26.6. The molecule has 1 saturated heterocycles. The highest BCUT2D eigenvalue weighted by atomic mass is 16.2. The lowest BCUT2D eigenvalue weighted by Gasteiger charge is -2.33. The van der Waals surface area contributed by atoms with Crippen LogP contribution in [0.15, 0.2) is 29.1 Å². The predicted octanol–water partition coefficient (Wildman–Crippen LogP) is 1.92. The normalized spacial score (nSPS) is 18.6. The summed E-state index contributed by atoms with van der Waals surface area (Å²) in [6.45, 7) is 5.04. The van der Waals surface area contributed by atoms with Gasteiger partial charge in [0.05, 0.1) is 5.39 Å². The fraction of sp³-hybridized carbons (Fsp3) is 0.500. The first-order chi connectivity index (χ1) is 11.7. The van der Waals surface area contributed by atoms with E-state index in [0.717, 1.165) is 19.5 Å². The molecule has 0 radical (unpaired) electrons. The lowest BCUT2D eigenvalue weighted by atomic mass is 10.0. The molecule has 2 N–H and O–H groups in total. The third-order valence-corrected chi connectivity index (χ3v) is 4.76. The van der Waals surface area contributed by atoms with Gasteiger partial charge in [0.2, 0.25) is 0 Å². The number of benzene rings is 1. The SMILES string of the molecule is C[C@H]1CCCCN1CCCNC(=O)c1n[nH]c(=O)c2ccccc12. The van der Waals surface area contributed by atoms with Crippen molar-refractivity contribution in [1.82, 2.24) is 20.4 Å². The summed E-state index contributed by atoms with van der Waals surface area (Å²) >= 11 is 0. The number of amides is 1. The number of nitrogens with zero attached hydrogens (tertiary/aromatic N) is 2. The molecule has 0 aliphatic carbocycles. The predicted molar refractivity (Wildman–Crippen MR) is 94.2 cm³/mol. The highest BCUT2D eigenvalue weighted by Crippen LogP contribution is 2.16. The zero-order valence-corrected chi connectivity index (χ0v) is 14.0. The van der Waals surface area contributed by atoms with Crippen LogP contribution in [0, 0.1) is 0 Å². The molecule has 6 heteroatoms. The van der Waals surface area contributed by atoms with Crippen molar-refractivity contribution >= 4 is 16.7 Å². The summed E-state index contributed by atoms with van der Waals surface area (Å²) < 4.78 is 0. The van der Waals surface area contributed by atoms with Crippen molar-refractivity contribution in [2.45, 2.75) is 38.6 Å². The van der Waals surface area contributed by atoms with Gasteiger partial charge in [-0.2, -0.15) is 5.10 Å². The topological polar surface area (TPSA) is 78.1 Å². The maximum atomic E-state index is 12.4. The Labute approximate surface area is 141 Å². The van der Waals surface area contributed by atoms with E-state index in [0.29, 0.717) is 23.4 Å². The molecule has 2 aromatic rings. The highest BCUT2D eigenvalue weighted by Gasteiger charge is 2.18. The first-order valence-electron chi connectivity index (χ1n) is 8.66. The number of rotatable bonds is 5. The minimum absolute atomic E-state index is 0.242. The molecule has 1 atom stereocenters. The fourth-order valence-electron chi connectivity index (χ4n) is 3.35. The number of carbonyl (C=O) groups is 1. The van der Waals surface area contributed by atoms with E-state index in [2.05, 4.69) is 27.3 Å². The number of hydrogen-bond donors (Lipinski definition) is 2. The first kappa shape index (κ1) is 16.6. The summed E-state index contributed by atoms with van der Waals surface area (Å²) in [5.74, 6) is -0.242. The van der Waals surface area contributed by atoms with Gasteiger partial charge in [0.15, 0.2) is 5.69 Å². The Morgan fingerprint density at radius 2 is 2.12 bits per heavy atom. The quantitative estimate of drug-likeness (QED) is 0.822. The number of aromatic nitrogens is 2. The van der Waals surface area contributed by atoms with Crippen molar-refractivity contribution in [2.75, 3.05) is 19.6 Å². The van der Waals surface area contributed by atoms with Crippen LogP contribution in [0.25, 0.3) is 10.8 Å². The summed E-state index contributed by atoms with van der Waals surface area (Å²) in [5, 5.41) is 10.3. The Morgan fingerprint density at radius 3 is 2.92 bits per heavy atom. The third kappa shape index (κ3) is 3.64. The summed E-state index contributed by atoms with van der Waals surface area (Å²) in [5.41, 5.74) is -0.00206. The van der Waals surface area contributed by atoms with E-state index in [-0.39, 0.29) is 17.2 Å². The molecule has 0 spiro atoms. The molecule has 1 aromatic carbocycles. The second kappa shape index (κ2) is 7.57. The smallest absolute Gasteiger partial charge is 0.272 e. The Hall–Kier alpha value is -2.21. The molecule has 0 saturated carbocycles. The number of carbonyl (C=O) groups excluding carboxylic acids is 1. The number of hydrogen-bond acceptors (Lipinski definition) is 4. The minimum atomic E-state index is -0.277. The molecule has 128 valence electrons. The third-order valence-electron chi connectivity index (χ3n) is 4.76. The van der Waals surface area contributed by atoms with Gasteiger partial charge >= 0.3 is 0 Å². The fourth-order valence-corrected chi connectivity index (χ4v) is 3.35. The Kier molecular flexibility index (Phi) is 5.25. The van der Waals surface area contributed by atoms with Gasteiger partial charge < -0.3 is 10.2 Å². The van der Waals surface area contributed by atoms with E-state index in [1.807, 2.05) is 0 Å². The van der Waals surface area contributed by atoms with Crippen molar-refractivity contribution in [3.63, 3.8) is 0 Å². The molecule has 1 aliphatic heterocycles. The average Bonchev–Trinajstić information content (AvgIpc) is 2.60. The van der Waals surface area contributed by atoms with Gasteiger partial charge in [0, 0.05) is 24.5 Å². The number of piperidine rings is 1. The molecule has 1 amide bonds. The van der Waals surface area contributed by atoms with Crippen molar-refractivity contribution < 1.29 is 4.79 Å². The van der Waals surface area contributed by atoms with E-state index in [1.54, 1.807) is 24.3 Å². The first-order valence-corrected chi connectivity index (χ1v) is 8.66. The van der Waals surface area contributed by atoms with Crippen LogP contribution < -0.4 is 10.9 Å².